The number of aromatic nitrogens is 1. The van der Waals surface area contributed by atoms with Crippen LogP contribution in [-0.2, 0) is 36.4 Å². The van der Waals surface area contributed by atoms with Gasteiger partial charge in [0.1, 0.15) is 0 Å². The summed E-state index contributed by atoms with van der Waals surface area (Å²) >= 11 is 0. The summed E-state index contributed by atoms with van der Waals surface area (Å²) in [6.45, 7) is 26.1. The molecule has 0 unspecified atom stereocenters. The maximum atomic E-state index is 4.69. The third-order valence-electron chi connectivity index (χ3n) is 8.89. The second kappa shape index (κ2) is 7.03. The van der Waals surface area contributed by atoms with Gasteiger partial charge in [-0.15, -0.1) is 34.9 Å². The third-order valence-corrected chi connectivity index (χ3v) is 8.89. The minimum atomic E-state index is 0. The first-order valence-corrected chi connectivity index (χ1v) is 10.6. The van der Waals surface area contributed by atoms with E-state index in [0.717, 1.165) is 11.3 Å². The number of hydrogen-bond acceptors (Lipinski definition) is 1. The minimum Gasteiger partial charge on any atom is -0.305 e. The Morgan fingerprint density at radius 3 is 1.83 bits per heavy atom. The van der Waals surface area contributed by atoms with Crippen molar-refractivity contribution >= 4 is 0 Å². The van der Waals surface area contributed by atoms with Crippen molar-refractivity contribution in [3.8, 4) is 11.3 Å². The second-order valence-electron chi connectivity index (χ2n) is 11.9. The Labute approximate surface area is 192 Å². The normalized spacial score (nSPS) is 21.1. The Balaban J connectivity index is 0.00000300. The first-order valence-electron chi connectivity index (χ1n) is 10.6. The van der Waals surface area contributed by atoms with Gasteiger partial charge in [0, 0.05) is 26.3 Å². The molecule has 0 saturated carbocycles. The number of fused-ring (bicyclic) bond motifs is 1. The molecule has 0 atom stereocenters. The monoisotopic (exact) mass is 569 g/mol. The van der Waals surface area contributed by atoms with E-state index in [0.29, 0.717) is 0 Å². The van der Waals surface area contributed by atoms with Crippen molar-refractivity contribution in [2.24, 2.45) is 10.8 Å². The van der Waals surface area contributed by atoms with Gasteiger partial charge in [0.25, 0.3) is 0 Å². The van der Waals surface area contributed by atoms with Crippen LogP contribution in [0.3, 0.4) is 0 Å². The molecule has 1 aliphatic carbocycles. The summed E-state index contributed by atoms with van der Waals surface area (Å²) in [6.07, 6.45) is 1.94. The Morgan fingerprint density at radius 2 is 1.31 bits per heavy atom. The van der Waals surface area contributed by atoms with Crippen molar-refractivity contribution in [3.63, 3.8) is 0 Å². The largest absolute Gasteiger partial charge is 0.305 e. The van der Waals surface area contributed by atoms with Crippen molar-refractivity contribution in [1.29, 1.82) is 0 Å². The summed E-state index contributed by atoms with van der Waals surface area (Å²) in [5, 5.41) is 0. The summed E-state index contributed by atoms with van der Waals surface area (Å²) in [4.78, 5) is 4.69. The number of rotatable bonds is 1. The molecular formula is C27H38IrN-. The van der Waals surface area contributed by atoms with Crippen LogP contribution in [0.2, 0.25) is 0 Å². The van der Waals surface area contributed by atoms with Crippen LogP contribution in [0.1, 0.15) is 92.9 Å². The van der Waals surface area contributed by atoms with E-state index >= 15 is 0 Å². The molecule has 1 aliphatic rings. The fraction of sp³-hybridized carbons (Fsp3) is 0.593. The van der Waals surface area contributed by atoms with Crippen LogP contribution in [-0.4, -0.2) is 4.98 Å². The van der Waals surface area contributed by atoms with Crippen molar-refractivity contribution in [3.05, 3.63) is 53.2 Å². The van der Waals surface area contributed by atoms with Gasteiger partial charge in [0.2, 0.25) is 0 Å². The molecule has 1 aromatic carbocycles. The van der Waals surface area contributed by atoms with Crippen LogP contribution in [0, 0.1) is 16.9 Å². The summed E-state index contributed by atoms with van der Waals surface area (Å²) in [5.41, 5.74) is 6.81. The van der Waals surface area contributed by atoms with E-state index in [9.17, 15) is 0 Å². The van der Waals surface area contributed by atoms with Gasteiger partial charge >= 0.3 is 0 Å². The number of hydrogen-bond donors (Lipinski definition) is 0. The fourth-order valence-corrected chi connectivity index (χ4v) is 4.95. The molecule has 0 fully saturated rings. The molecule has 3 rings (SSSR count). The molecule has 0 N–H and O–H groups in total. The van der Waals surface area contributed by atoms with Gasteiger partial charge in [-0.05, 0) is 44.4 Å². The van der Waals surface area contributed by atoms with E-state index in [-0.39, 0.29) is 47.2 Å². The van der Waals surface area contributed by atoms with Gasteiger partial charge in [-0.1, -0.05) is 82.2 Å². The SMILES string of the molecule is CC(C)(C)c1ccnc(-c2[c-]cc3c(c2)C(C)(C)C(C)(C)C(C)(C)C3(C)C)c1.[Ir]. The molecule has 1 heterocycles. The first kappa shape index (κ1) is 24.3. The Morgan fingerprint density at radius 1 is 0.793 bits per heavy atom. The molecule has 0 spiro atoms. The van der Waals surface area contributed by atoms with E-state index in [2.05, 4.69) is 111 Å². The van der Waals surface area contributed by atoms with Crippen LogP contribution < -0.4 is 0 Å². The van der Waals surface area contributed by atoms with Gasteiger partial charge in [0.05, 0.1) is 0 Å². The Kier molecular flexibility index (Phi) is 5.89. The molecule has 0 bridgehead atoms. The van der Waals surface area contributed by atoms with Crippen molar-refractivity contribution in [1.82, 2.24) is 4.98 Å². The van der Waals surface area contributed by atoms with Crippen molar-refractivity contribution < 1.29 is 20.1 Å². The van der Waals surface area contributed by atoms with Crippen LogP contribution in [0.15, 0.2) is 30.5 Å². The molecule has 0 saturated heterocycles. The van der Waals surface area contributed by atoms with E-state index in [1.807, 2.05) is 6.20 Å². The molecule has 0 amide bonds. The van der Waals surface area contributed by atoms with E-state index in [1.54, 1.807) is 0 Å². The number of nitrogens with zero attached hydrogens (tertiary/aromatic N) is 1. The Hall–Kier alpha value is -0.981. The zero-order valence-electron chi connectivity index (χ0n) is 20.2. The van der Waals surface area contributed by atoms with E-state index in [1.165, 1.54) is 16.7 Å². The first-order chi connectivity index (χ1) is 12.5. The van der Waals surface area contributed by atoms with Crippen molar-refractivity contribution in [2.45, 2.75) is 92.4 Å². The average Bonchev–Trinajstić information content (AvgIpc) is 2.59. The molecule has 2 heteroatoms. The molecule has 29 heavy (non-hydrogen) atoms. The standard InChI is InChI=1S/C27H38N.Ir/c1-23(2,3)19-14-15-28-22(17-19)18-12-13-20-21(16-18)25(6,7)27(10,11)26(8,9)24(20,4)5;/h13-17H,1-11H3;/q-1;. The van der Waals surface area contributed by atoms with E-state index < -0.39 is 0 Å². The number of benzene rings is 1. The molecule has 1 nitrogen and oxygen atoms in total. The van der Waals surface area contributed by atoms with Gasteiger partial charge in [-0.3, -0.25) is 0 Å². The molecule has 2 aromatic rings. The molecular weight excluding hydrogens is 531 g/mol. The fourth-order valence-electron chi connectivity index (χ4n) is 4.95. The predicted octanol–water partition coefficient (Wildman–Crippen LogP) is 7.46. The van der Waals surface area contributed by atoms with Gasteiger partial charge in [-0.25, -0.2) is 0 Å². The predicted molar refractivity (Wildman–Crippen MR) is 121 cm³/mol. The zero-order valence-corrected chi connectivity index (χ0v) is 22.6. The topological polar surface area (TPSA) is 12.9 Å². The van der Waals surface area contributed by atoms with Crippen LogP contribution in [0.25, 0.3) is 11.3 Å². The van der Waals surface area contributed by atoms with Gasteiger partial charge in [-0.2, -0.15) is 0 Å². The molecule has 0 aliphatic heterocycles. The zero-order chi connectivity index (χ0) is 21.3. The number of pyridine rings is 1. The summed E-state index contributed by atoms with van der Waals surface area (Å²) in [6, 6.07) is 12.6. The summed E-state index contributed by atoms with van der Waals surface area (Å²) < 4.78 is 0. The maximum absolute atomic E-state index is 4.69. The maximum Gasteiger partial charge on any atom is 0.0163 e. The molecule has 1 radical (unpaired) electrons. The quantitative estimate of drug-likeness (QED) is 0.325. The molecule has 1 aromatic heterocycles. The minimum absolute atomic E-state index is 0. The summed E-state index contributed by atoms with van der Waals surface area (Å²) in [7, 11) is 0. The average molecular weight is 569 g/mol. The summed E-state index contributed by atoms with van der Waals surface area (Å²) in [5.74, 6) is 0. The van der Waals surface area contributed by atoms with Crippen LogP contribution >= 0.6 is 0 Å². The second-order valence-corrected chi connectivity index (χ2v) is 11.9. The van der Waals surface area contributed by atoms with Crippen LogP contribution in [0.5, 0.6) is 0 Å². The van der Waals surface area contributed by atoms with Gasteiger partial charge in [0.15, 0.2) is 0 Å². The Bertz CT molecular complexity index is 910. The van der Waals surface area contributed by atoms with Crippen LogP contribution in [0.4, 0.5) is 0 Å². The molecule has 161 valence electrons. The van der Waals surface area contributed by atoms with Crippen molar-refractivity contribution in [2.75, 3.05) is 0 Å². The van der Waals surface area contributed by atoms with Gasteiger partial charge < -0.3 is 4.98 Å². The van der Waals surface area contributed by atoms with E-state index in [4.69, 9.17) is 0 Å². The third kappa shape index (κ3) is 3.35. The smallest absolute Gasteiger partial charge is 0.0163 e.